The SMILES string of the molecule is CCOc1ccc(-n2c(SCC(=O)Nc3ccc(Cl)cc3C)nnc2-c2cccc(Cl)c2)cc1. The molecular formula is C25H22Cl2N4O2S. The molecule has 0 aliphatic rings. The van der Waals surface area contributed by atoms with E-state index in [1.54, 1.807) is 18.2 Å². The number of amides is 1. The van der Waals surface area contributed by atoms with Crippen molar-refractivity contribution in [3.05, 3.63) is 82.3 Å². The van der Waals surface area contributed by atoms with Gasteiger partial charge in [0.05, 0.1) is 12.4 Å². The van der Waals surface area contributed by atoms with Gasteiger partial charge in [0, 0.05) is 27.0 Å². The van der Waals surface area contributed by atoms with Crippen LogP contribution in [-0.4, -0.2) is 33.0 Å². The van der Waals surface area contributed by atoms with E-state index in [0.717, 1.165) is 28.3 Å². The summed E-state index contributed by atoms with van der Waals surface area (Å²) in [6.07, 6.45) is 0. The lowest BCUT2D eigenvalue weighted by molar-refractivity contribution is -0.113. The molecule has 0 spiro atoms. The molecule has 1 heterocycles. The number of carbonyl (C=O) groups is 1. The highest BCUT2D eigenvalue weighted by Gasteiger charge is 2.18. The molecule has 0 aliphatic heterocycles. The molecule has 1 aromatic heterocycles. The lowest BCUT2D eigenvalue weighted by Gasteiger charge is -2.12. The van der Waals surface area contributed by atoms with E-state index in [2.05, 4.69) is 15.5 Å². The Hall–Kier alpha value is -3.00. The molecule has 0 unspecified atom stereocenters. The van der Waals surface area contributed by atoms with E-state index < -0.39 is 0 Å². The van der Waals surface area contributed by atoms with Crippen molar-refractivity contribution in [3.8, 4) is 22.8 Å². The monoisotopic (exact) mass is 512 g/mol. The van der Waals surface area contributed by atoms with Gasteiger partial charge in [0.25, 0.3) is 0 Å². The molecule has 4 rings (SSSR count). The number of carbonyl (C=O) groups excluding carboxylic acids is 1. The number of hydrogen-bond donors (Lipinski definition) is 1. The van der Waals surface area contributed by atoms with Crippen molar-refractivity contribution >= 4 is 46.6 Å². The molecule has 1 amide bonds. The van der Waals surface area contributed by atoms with Crippen LogP contribution in [0, 0.1) is 6.92 Å². The first kappa shape index (κ1) is 24.1. The highest BCUT2D eigenvalue weighted by Crippen LogP contribution is 2.30. The Morgan fingerprint density at radius 2 is 1.79 bits per heavy atom. The fraction of sp³-hybridized carbons (Fsp3) is 0.160. The topological polar surface area (TPSA) is 69.0 Å². The molecular weight excluding hydrogens is 491 g/mol. The van der Waals surface area contributed by atoms with Crippen LogP contribution in [0.25, 0.3) is 17.1 Å². The van der Waals surface area contributed by atoms with Crippen LogP contribution in [0.4, 0.5) is 5.69 Å². The largest absolute Gasteiger partial charge is 0.494 e. The van der Waals surface area contributed by atoms with Crippen LogP contribution < -0.4 is 10.1 Å². The first-order valence-corrected chi connectivity index (χ1v) is 12.3. The van der Waals surface area contributed by atoms with Gasteiger partial charge in [-0.15, -0.1) is 10.2 Å². The Balaban J connectivity index is 1.61. The van der Waals surface area contributed by atoms with E-state index in [1.165, 1.54) is 11.8 Å². The molecule has 34 heavy (non-hydrogen) atoms. The predicted molar refractivity (Wildman–Crippen MR) is 139 cm³/mol. The summed E-state index contributed by atoms with van der Waals surface area (Å²) in [7, 11) is 0. The van der Waals surface area contributed by atoms with Crippen LogP contribution in [0.2, 0.25) is 10.0 Å². The number of anilines is 1. The van der Waals surface area contributed by atoms with Crippen molar-refractivity contribution in [2.75, 3.05) is 17.7 Å². The minimum Gasteiger partial charge on any atom is -0.494 e. The molecule has 4 aromatic rings. The van der Waals surface area contributed by atoms with Crippen LogP contribution in [0.5, 0.6) is 5.75 Å². The number of halogens is 2. The first-order valence-electron chi connectivity index (χ1n) is 10.6. The van der Waals surface area contributed by atoms with Gasteiger partial charge in [0.15, 0.2) is 11.0 Å². The van der Waals surface area contributed by atoms with E-state index in [4.69, 9.17) is 27.9 Å². The summed E-state index contributed by atoms with van der Waals surface area (Å²) >= 11 is 13.5. The van der Waals surface area contributed by atoms with Gasteiger partial charge in [-0.3, -0.25) is 9.36 Å². The van der Waals surface area contributed by atoms with Crippen molar-refractivity contribution in [1.82, 2.24) is 14.8 Å². The van der Waals surface area contributed by atoms with Gasteiger partial charge in [0.2, 0.25) is 5.91 Å². The maximum atomic E-state index is 12.7. The number of ether oxygens (including phenoxy) is 1. The number of thioether (sulfide) groups is 1. The molecule has 6 nitrogen and oxygen atoms in total. The summed E-state index contributed by atoms with van der Waals surface area (Å²) in [5.74, 6) is 1.41. The standard InChI is InChI=1S/C25H22Cl2N4O2S/c1-3-33-21-10-8-20(9-11-21)31-24(17-5-4-6-18(26)14-17)29-30-25(31)34-15-23(32)28-22-12-7-19(27)13-16(22)2/h4-14H,3,15H2,1-2H3,(H,28,32). The van der Waals surface area contributed by atoms with Crippen LogP contribution in [0.15, 0.2) is 71.9 Å². The molecule has 0 saturated carbocycles. The second-order valence-electron chi connectivity index (χ2n) is 7.37. The molecule has 0 fully saturated rings. The second-order valence-corrected chi connectivity index (χ2v) is 9.19. The van der Waals surface area contributed by atoms with Gasteiger partial charge < -0.3 is 10.1 Å². The molecule has 3 aromatic carbocycles. The minimum absolute atomic E-state index is 0.152. The van der Waals surface area contributed by atoms with Crippen molar-refractivity contribution in [2.45, 2.75) is 19.0 Å². The summed E-state index contributed by atoms with van der Waals surface area (Å²) in [5.41, 5.74) is 3.29. The van der Waals surface area contributed by atoms with E-state index in [9.17, 15) is 4.79 Å². The zero-order valence-electron chi connectivity index (χ0n) is 18.6. The van der Waals surface area contributed by atoms with E-state index >= 15 is 0 Å². The Morgan fingerprint density at radius 3 is 2.50 bits per heavy atom. The Labute approximate surface area is 212 Å². The smallest absolute Gasteiger partial charge is 0.234 e. The van der Waals surface area contributed by atoms with E-state index in [0.29, 0.717) is 27.6 Å². The summed E-state index contributed by atoms with van der Waals surface area (Å²) < 4.78 is 7.48. The predicted octanol–water partition coefficient (Wildman–Crippen LogP) is 6.68. The molecule has 0 aliphatic carbocycles. The normalized spacial score (nSPS) is 10.8. The number of benzene rings is 3. The van der Waals surface area contributed by atoms with E-state index in [-0.39, 0.29) is 11.7 Å². The molecule has 9 heteroatoms. The van der Waals surface area contributed by atoms with Crippen LogP contribution in [0.3, 0.4) is 0 Å². The quantitative estimate of drug-likeness (QED) is 0.266. The number of hydrogen-bond acceptors (Lipinski definition) is 5. The van der Waals surface area contributed by atoms with Gasteiger partial charge in [-0.2, -0.15) is 0 Å². The average Bonchev–Trinajstić information content (AvgIpc) is 3.24. The van der Waals surface area contributed by atoms with Gasteiger partial charge >= 0.3 is 0 Å². The summed E-state index contributed by atoms with van der Waals surface area (Å²) in [6, 6.07) is 20.4. The van der Waals surface area contributed by atoms with Crippen molar-refractivity contribution in [1.29, 1.82) is 0 Å². The van der Waals surface area contributed by atoms with Crippen molar-refractivity contribution in [3.63, 3.8) is 0 Å². The summed E-state index contributed by atoms with van der Waals surface area (Å²) in [5, 5.41) is 13.5. The minimum atomic E-state index is -0.152. The Morgan fingerprint density at radius 1 is 1.03 bits per heavy atom. The maximum Gasteiger partial charge on any atom is 0.234 e. The second kappa shape index (κ2) is 11.0. The molecule has 1 N–H and O–H groups in total. The molecule has 0 radical (unpaired) electrons. The maximum absolute atomic E-state index is 12.7. The Kier molecular flexibility index (Phi) is 7.77. The van der Waals surface area contributed by atoms with Crippen LogP contribution >= 0.6 is 35.0 Å². The summed E-state index contributed by atoms with van der Waals surface area (Å²) in [6.45, 7) is 4.42. The third-order valence-corrected chi connectivity index (χ3v) is 6.32. The third-order valence-electron chi connectivity index (χ3n) is 4.92. The molecule has 0 bridgehead atoms. The number of aryl methyl sites for hydroxylation is 1. The van der Waals surface area contributed by atoms with Crippen molar-refractivity contribution < 1.29 is 9.53 Å². The highest BCUT2D eigenvalue weighted by molar-refractivity contribution is 7.99. The lowest BCUT2D eigenvalue weighted by Crippen LogP contribution is -2.15. The van der Waals surface area contributed by atoms with Crippen LogP contribution in [-0.2, 0) is 4.79 Å². The number of aromatic nitrogens is 3. The van der Waals surface area contributed by atoms with Gasteiger partial charge in [-0.25, -0.2) is 0 Å². The lowest BCUT2D eigenvalue weighted by atomic mass is 10.2. The number of nitrogens with zero attached hydrogens (tertiary/aromatic N) is 3. The van der Waals surface area contributed by atoms with Gasteiger partial charge in [-0.05, 0) is 74.0 Å². The Bertz CT molecular complexity index is 1310. The fourth-order valence-electron chi connectivity index (χ4n) is 3.35. The fourth-order valence-corrected chi connectivity index (χ4v) is 4.52. The van der Waals surface area contributed by atoms with E-state index in [1.807, 2.05) is 66.9 Å². The number of nitrogens with one attached hydrogen (secondary N) is 1. The van der Waals surface area contributed by atoms with Gasteiger partial charge in [-0.1, -0.05) is 47.1 Å². The van der Waals surface area contributed by atoms with Crippen LogP contribution in [0.1, 0.15) is 12.5 Å². The number of rotatable bonds is 8. The zero-order chi connectivity index (χ0) is 24.1. The van der Waals surface area contributed by atoms with Gasteiger partial charge in [0.1, 0.15) is 5.75 Å². The van der Waals surface area contributed by atoms with Crippen molar-refractivity contribution in [2.24, 2.45) is 0 Å². The summed E-state index contributed by atoms with van der Waals surface area (Å²) in [4.78, 5) is 12.7. The molecule has 0 atom stereocenters. The molecule has 0 saturated heterocycles. The zero-order valence-corrected chi connectivity index (χ0v) is 20.9. The molecule has 174 valence electrons. The highest BCUT2D eigenvalue weighted by atomic mass is 35.5. The average molecular weight is 513 g/mol. The third kappa shape index (κ3) is 5.73. The first-order chi connectivity index (χ1) is 16.4.